The van der Waals surface area contributed by atoms with Gasteiger partial charge >= 0.3 is 0 Å². The number of hydrogen-bond donors (Lipinski definition) is 3. The molecule has 0 saturated heterocycles. The number of benzene rings is 1. The summed E-state index contributed by atoms with van der Waals surface area (Å²) in [7, 11) is 1.58. The molecule has 3 N–H and O–H groups in total. The molecule has 0 bridgehead atoms. The topological polar surface area (TPSA) is 79.5 Å². The van der Waals surface area contributed by atoms with E-state index in [2.05, 4.69) is 22.9 Å². The van der Waals surface area contributed by atoms with Gasteiger partial charge in [0.15, 0.2) is 0 Å². The molecule has 2 amide bonds. The van der Waals surface area contributed by atoms with Crippen LogP contribution in [0.1, 0.15) is 30.1 Å². The van der Waals surface area contributed by atoms with Crippen LogP contribution < -0.4 is 16.0 Å². The van der Waals surface area contributed by atoms with Gasteiger partial charge in [-0.25, -0.2) is 0 Å². The second kappa shape index (κ2) is 10.6. The molecule has 0 radical (unpaired) electrons. The van der Waals surface area contributed by atoms with Gasteiger partial charge in [-0.05, 0) is 24.6 Å². The van der Waals surface area contributed by atoms with Crippen LogP contribution in [0, 0.1) is 0 Å². The zero-order valence-electron chi connectivity index (χ0n) is 13.3. The largest absolute Gasteiger partial charge is 0.383 e. The summed E-state index contributed by atoms with van der Waals surface area (Å²) in [6, 6.07) is 7.11. The monoisotopic (exact) mass is 307 g/mol. The maximum atomic E-state index is 12.0. The van der Waals surface area contributed by atoms with Gasteiger partial charge in [-0.3, -0.25) is 9.59 Å². The average Bonchev–Trinajstić information content (AvgIpc) is 2.53. The van der Waals surface area contributed by atoms with Crippen molar-refractivity contribution in [3.63, 3.8) is 0 Å². The van der Waals surface area contributed by atoms with E-state index in [-0.39, 0.29) is 18.4 Å². The Morgan fingerprint density at radius 3 is 2.73 bits per heavy atom. The maximum Gasteiger partial charge on any atom is 0.251 e. The molecule has 0 unspecified atom stereocenters. The van der Waals surface area contributed by atoms with Gasteiger partial charge < -0.3 is 20.7 Å². The summed E-state index contributed by atoms with van der Waals surface area (Å²) < 4.78 is 4.86. The van der Waals surface area contributed by atoms with E-state index in [9.17, 15) is 9.59 Å². The molecule has 0 heterocycles. The number of ether oxygens (including phenoxy) is 1. The Morgan fingerprint density at radius 2 is 2.00 bits per heavy atom. The molecular formula is C16H25N3O3. The molecule has 1 rings (SSSR count). The molecule has 0 atom stereocenters. The lowest BCUT2D eigenvalue weighted by Gasteiger charge is -2.09. The summed E-state index contributed by atoms with van der Waals surface area (Å²) in [5.41, 5.74) is 1.32. The number of unbranched alkanes of at least 4 members (excludes halogenated alkanes) is 1. The van der Waals surface area contributed by atoms with Crippen molar-refractivity contribution in [3.05, 3.63) is 29.8 Å². The van der Waals surface area contributed by atoms with E-state index in [1.54, 1.807) is 25.3 Å². The zero-order chi connectivity index (χ0) is 16.2. The van der Waals surface area contributed by atoms with Gasteiger partial charge in [-0.15, -0.1) is 0 Å². The van der Waals surface area contributed by atoms with Crippen LogP contribution in [0.3, 0.4) is 0 Å². The second-order valence-electron chi connectivity index (χ2n) is 4.89. The predicted octanol–water partition coefficient (Wildman–Crippen LogP) is 1.39. The van der Waals surface area contributed by atoms with Crippen LogP contribution in [0.2, 0.25) is 0 Å². The molecular weight excluding hydrogens is 282 g/mol. The van der Waals surface area contributed by atoms with Crippen LogP contribution in [0.25, 0.3) is 0 Å². The Kier molecular flexibility index (Phi) is 8.67. The summed E-state index contributed by atoms with van der Waals surface area (Å²) in [4.78, 5) is 23.5. The normalized spacial score (nSPS) is 10.1. The van der Waals surface area contributed by atoms with Gasteiger partial charge in [0.05, 0.1) is 13.2 Å². The van der Waals surface area contributed by atoms with E-state index in [1.807, 2.05) is 6.07 Å². The third-order valence-electron chi connectivity index (χ3n) is 3.02. The first kappa shape index (κ1) is 18.0. The Morgan fingerprint density at radius 1 is 1.18 bits per heavy atom. The highest BCUT2D eigenvalue weighted by molar-refractivity contribution is 5.95. The number of rotatable bonds is 10. The lowest BCUT2D eigenvalue weighted by molar-refractivity contribution is -0.119. The van der Waals surface area contributed by atoms with Crippen molar-refractivity contribution in [2.45, 2.75) is 19.8 Å². The van der Waals surface area contributed by atoms with Gasteiger partial charge in [0.25, 0.3) is 5.91 Å². The van der Waals surface area contributed by atoms with Gasteiger partial charge in [0.1, 0.15) is 0 Å². The van der Waals surface area contributed by atoms with Crippen molar-refractivity contribution in [3.8, 4) is 0 Å². The fraction of sp³-hybridized carbons (Fsp3) is 0.500. The first-order chi connectivity index (χ1) is 10.7. The van der Waals surface area contributed by atoms with Crippen molar-refractivity contribution in [1.29, 1.82) is 0 Å². The summed E-state index contributed by atoms with van der Waals surface area (Å²) in [5.74, 6) is -0.212. The molecule has 6 heteroatoms. The molecule has 0 aliphatic heterocycles. The minimum Gasteiger partial charge on any atom is -0.383 e. The molecule has 0 fully saturated rings. The Hall–Kier alpha value is -2.08. The van der Waals surface area contributed by atoms with Crippen molar-refractivity contribution >= 4 is 17.5 Å². The minimum absolute atomic E-state index is 0.0957. The van der Waals surface area contributed by atoms with Crippen LogP contribution in [-0.2, 0) is 9.53 Å². The van der Waals surface area contributed by atoms with Gasteiger partial charge in [0.2, 0.25) is 5.91 Å². The molecule has 1 aromatic rings. The SMILES string of the molecule is CCCCNC(=O)c1cccc(NCC(=O)NCCOC)c1. The average molecular weight is 307 g/mol. The molecule has 122 valence electrons. The highest BCUT2D eigenvalue weighted by Crippen LogP contribution is 2.10. The van der Waals surface area contributed by atoms with Crippen LogP contribution in [0.4, 0.5) is 5.69 Å². The lowest BCUT2D eigenvalue weighted by Crippen LogP contribution is -2.32. The molecule has 0 aliphatic rings. The Bertz CT molecular complexity index is 477. The van der Waals surface area contributed by atoms with E-state index in [0.29, 0.717) is 25.3 Å². The zero-order valence-corrected chi connectivity index (χ0v) is 13.3. The number of methoxy groups -OCH3 is 1. The van der Waals surface area contributed by atoms with Crippen molar-refractivity contribution in [2.24, 2.45) is 0 Å². The molecule has 0 saturated carbocycles. The molecule has 6 nitrogen and oxygen atoms in total. The summed E-state index contributed by atoms with van der Waals surface area (Å²) in [6.07, 6.45) is 2.01. The van der Waals surface area contributed by atoms with Gasteiger partial charge in [-0.1, -0.05) is 19.4 Å². The first-order valence-electron chi connectivity index (χ1n) is 7.55. The number of carbonyl (C=O) groups excluding carboxylic acids is 2. The van der Waals surface area contributed by atoms with E-state index < -0.39 is 0 Å². The van der Waals surface area contributed by atoms with Crippen LogP contribution in [0.5, 0.6) is 0 Å². The smallest absolute Gasteiger partial charge is 0.251 e. The number of anilines is 1. The summed E-state index contributed by atoms with van der Waals surface area (Å²) in [6.45, 7) is 3.88. The molecule has 22 heavy (non-hydrogen) atoms. The minimum atomic E-state index is -0.116. The third kappa shape index (κ3) is 7.08. The van der Waals surface area contributed by atoms with E-state index >= 15 is 0 Å². The first-order valence-corrected chi connectivity index (χ1v) is 7.55. The number of carbonyl (C=O) groups is 2. The summed E-state index contributed by atoms with van der Waals surface area (Å²) in [5, 5.41) is 8.59. The van der Waals surface area contributed by atoms with Gasteiger partial charge in [0, 0.05) is 31.5 Å². The van der Waals surface area contributed by atoms with E-state index in [1.165, 1.54) is 0 Å². The summed E-state index contributed by atoms with van der Waals surface area (Å²) >= 11 is 0. The predicted molar refractivity (Wildman–Crippen MR) is 87.1 cm³/mol. The fourth-order valence-corrected chi connectivity index (χ4v) is 1.79. The quantitative estimate of drug-likeness (QED) is 0.571. The third-order valence-corrected chi connectivity index (χ3v) is 3.02. The molecule has 0 aliphatic carbocycles. The standard InChI is InChI=1S/C16H25N3O3/c1-3-4-8-18-16(21)13-6-5-7-14(11-13)19-12-15(20)17-9-10-22-2/h5-7,11,19H,3-4,8-10,12H2,1-2H3,(H,17,20)(H,18,21). The Balaban J connectivity index is 2.43. The molecule has 0 aromatic heterocycles. The maximum absolute atomic E-state index is 12.0. The highest BCUT2D eigenvalue weighted by atomic mass is 16.5. The van der Waals surface area contributed by atoms with Crippen molar-refractivity contribution < 1.29 is 14.3 Å². The number of nitrogens with one attached hydrogen (secondary N) is 3. The molecule has 1 aromatic carbocycles. The fourth-order valence-electron chi connectivity index (χ4n) is 1.79. The molecule has 0 spiro atoms. The van der Waals surface area contributed by atoms with Crippen molar-refractivity contribution in [2.75, 3.05) is 38.7 Å². The van der Waals surface area contributed by atoms with E-state index in [4.69, 9.17) is 4.74 Å². The van der Waals surface area contributed by atoms with E-state index in [0.717, 1.165) is 18.5 Å². The number of hydrogen-bond acceptors (Lipinski definition) is 4. The second-order valence-corrected chi connectivity index (χ2v) is 4.89. The number of amides is 2. The van der Waals surface area contributed by atoms with Gasteiger partial charge in [-0.2, -0.15) is 0 Å². The van der Waals surface area contributed by atoms with Crippen LogP contribution in [0.15, 0.2) is 24.3 Å². The van der Waals surface area contributed by atoms with Crippen LogP contribution >= 0.6 is 0 Å². The highest BCUT2D eigenvalue weighted by Gasteiger charge is 2.06. The Labute approximate surface area is 131 Å². The van der Waals surface area contributed by atoms with Crippen molar-refractivity contribution in [1.82, 2.24) is 10.6 Å². The lowest BCUT2D eigenvalue weighted by atomic mass is 10.2. The van der Waals surface area contributed by atoms with Crippen LogP contribution in [-0.4, -0.2) is 45.2 Å².